The van der Waals surface area contributed by atoms with Gasteiger partial charge in [0.25, 0.3) is 0 Å². The second-order valence-corrected chi connectivity index (χ2v) is 6.72. The van der Waals surface area contributed by atoms with Crippen LogP contribution in [0, 0.1) is 5.92 Å². The highest BCUT2D eigenvalue weighted by molar-refractivity contribution is 9.10. The van der Waals surface area contributed by atoms with Gasteiger partial charge in [0.15, 0.2) is 0 Å². The van der Waals surface area contributed by atoms with E-state index in [1.807, 2.05) is 36.1 Å². The van der Waals surface area contributed by atoms with Gasteiger partial charge in [-0.05, 0) is 41.4 Å². The molecule has 0 aromatic heterocycles. The van der Waals surface area contributed by atoms with Crippen molar-refractivity contribution in [1.82, 2.24) is 10.2 Å². The van der Waals surface area contributed by atoms with Crippen molar-refractivity contribution in [2.24, 2.45) is 5.92 Å². The van der Waals surface area contributed by atoms with E-state index in [-0.39, 0.29) is 17.9 Å². The summed E-state index contributed by atoms with van der Waals surface area (Å²) in [6.45, 7) is 4.89. The van der Waals surface area contributed by atoms with Crippen LogP contribution in [-0.4, -0.2) is 48.9 Å². The van der Waals surface area contributed by atoms with Crippen LogP contribution >= 0.6 is 15.9 Å². The summed E-state index contributed by atoms with van der Waals surface area (Å²) in [7, 11) is 0. The van der Waals surface area contributed by atoms with E-state index in [4.69, 9.17) is 0 Å². The van der Waals surface area contributed by atoms with Gasteiger partial charge in [0.05, 0.1) is 5.69 Å². The molecule has 1 aromatic rings. The summed E-state index contributed by atoms with van der Waals surface area (Å²) in [6.07, 6.45) is 0.593. The van der Waals surface area contributed by atoms with Crippen LogP contribution < -0.4 is 10.2 Å². The van der Waals surface area contributed by atoms with Crippen LogP contribution in [0.3, 0.4) is 0 Å². The van der Waals surface area contributed by atoms with E-state index in [2.05, 4.69) is 21.2 Å². The van der Waals surface area contributed by atoms with Gasteiger partial charge in [-0.15, -0.1) is 0 Å². The number of carbonyl (C=O) groups is 2. The number of amides is 2. The molecule has 6 heteroatoms. The van der Waals surface area contributed by atoms with Gasteiger partial charge in [0.1, 0.15) is 5.92 Å². The van der Waals surface area contributed by atoms with Gasteiger partial charge in [-0.1, -0.05) is 12.1 Å². The number of hydrogen-bond donors (Lipinski definition) is 1. The highest BCUT2D eigenvalue weighted by atomic mass is 79.9. The minimum atomic E-state index is -0.535. The molecule has 2 saturated heterocycles. The lowest BCUT2D eigenvalue weighted by molar-refractivity contribution is -0.142. The first-order chi connectivity index (χ1) is 10.6. The average molecular weight is 366 g/mol. The summed E-state index contributed by atoms with van der Waals surface area (Å²) in [5.41, 5.74) is 0.844. The zero-order valence-electron chi connectivity index (χ0n) is 12.6. The molecule has 1 N–H and O–H groups in total. The number of benzene rings is 1. The van der Waals surface area contributed by atoms with Crippen LogP contribution in [0.1, 0.15) is 13.3 Å². The van der Waals surface area contributed by atoms with Gasteiger partial charge in [0, 0.05) is 36.7 Å². The number of para-hydroxylation sites is 1. The molecule has 2 amide bonds. The van der Waals surface area contributed by atoms with Gasteiger partial charge in [-0.25, -0.2) is 0 Å². The molecule has 22 heavy (non-hydrogen) atoms. The number of anilines is 1. The van der Waals surface area contributed by atoms with E-state index in [1.165, 1.54) is 0 Å². The Morgan fingerprint density at radius 3 is 2.82 bits per heavy atom. The van der Waals surface area contributed by atoms with Gasteiger partial charge < -0.3 is 15.1 Å². The van der Waals surface area contributed by atoms with Crippen molar-refractivity contribution < 1.29 is 9.59 Å². The van der Waals surface area contributed by atoms with Crippen LogP contribution in [0.5, 0.6) is 0 Å². The number of piperazine rings is 1. The molecule has 2 aliphatic heterocycles. The molecule has 0 aliphatic carbocycles. The van der Waals surface area contributed by atoms with Gasteiger partial charge in [-0.3, -0.25) is 9.59 Å². The standard InChI is InChI=1S/C16H20BrN3O2/c1-11-10-18-7-9-19(11)15(21)12-6-8-20(16(12)22)14-5-3-2-4-13(14)17/h2-5,11-12,18H,6-10H2,1H3. The van der Waals surface area contributed by atoms with Crippen molar-refractivity contribution in [3.05, 3.63) is 28.7 Å². The summed E-state index contributed by atoms with van der Waals surface area (Å²) in [5.74, 6) is -0.635. The lowest BCUT2D eigenvalue weighted by atomic mass is 10.0. The number of halogens is 1. The lowest BCUT2D eigenvalue weighted by Crippen LogP contribution is -2.54. The van der Waals surface area contributed by atoms with Crippen LogP contribution in [-0.2, 0) is 9.59 Å². The third kappa shape index (κ3) is 2.77. The Bertz CT molecular complexity index is 593. The Morgan fingerprint density at radius 1 is 1.32 bits per heavy atom. The number of rotatable bonds is 2. The number of carbonyl (C=O) groups excluding carboxylic acids is 2. The second-order valence-electron chi connectivity index (χ2n) is 5.87. The summed E-state index contributed by atoms with van der Waals surface area (Å²) in [6, 6.07) is 7.78. The minimum Gasteiger partial charge on any atom is -0.337 e. The quantitative estimate of drug-likeness (QED) is 0.810. The van der Waals surface area contributed by atoms with Crippen LogP contribution in [0.2, 0.25) is 0 Å². The molecule has 0 saturated carbocycles. The fourth-order valence-electron chi connectivity index (χ4n) is 3.19. The summed E-state index contributed by atoms with van der Waals surface area (Å²) in [5, 5.41) is 3.27. The predicted molar refractivity (Wildman–Crippen MR) is 88.6 cm³/mol. The normalized spacial score (nSPS) is 25.6. The number of nitrogens with one attached hydrogen (secondary N) is 1. The van der Waals surface area contributed by atoms with E-state index in [9.17, 15) is 9.59 Å². The number of hydrogen-bond acceptors (Lipinski definition) is 3. The molecule has 3 rings (SSSR count). The first-order valence-corrected chi connectivity index (χ1v) is 8.46. The van der Waals surface area contributed by atoms with E-state index in [0.717, 1.165) is 23.2 Å². The van der Waals surface area contributed by atoms with E-state index in [1.54, 1.807) is 4.90 Å². The Morgan fingerprint density at radius 2 is 2.09 bits per heavy atom. The van der Waals surface area contributed by atoms with Crippen molar-refractivity contribution in [2.75, 3.05) is 31.1 Å². The Labute approximate surface area is 138 Å². The maximum Gasteiger partial charge on any atom is 0.239 e. The van der Waals surface area contributed by atoms with Crippen molar-refractivity contribution in [3.8, 4) is 0 Å². The van der Waals surface area contributed by atoms with Gasteiger partial charge in [-0.2, -0.15) is 0 Å². The van der Waals surface area contributed by atoms with Crippen LogP contribution in [0.15, 0.2) is 28.7 Å². The first kappa shape index (κ1) is 15.5. The predicted octanol–water partition coefficient (Wildman–Crippen LogP) is 1.62. The highest BCUT2D eigenvalue weighted by Gasteiger charge is 2.41. The molecule has 1 aromatic carbocycles. The second kappa shape index (κ2) is 6.38. The lowest BCUT2D eigenvalue weighted by Gasteiger charge is -2.35. The third-order valence-electron chi connectivity index (χ3n) is 4.43. The molecular formula is C16H20BrN3O2. The zero-order chi connectivity index (χ0) is 15.7. The molecule has 118 valence electrons. The average Bonchev–Trinajstić information content (AvgIpc) is 2.89. The van der Waals surface area contributed by atoms with Crippen LogP contribution in [0.4, 0.5) is 5.69 Å². The molecule has 2 atom stereocenters. The molecule has 0 spiro atoms. The Hall–Kier alpha value is -1.40. The molecule has 0 bridgehead atoms. The minimum absolute atomic E-state index is 0.0199. The SMILES string of the molecule is CC1CNCCN1C(=O)C1CCN(c2ccccc2Br)C1=O. The zero-order valence-corrected chi connectivity index (χ0v) is 14.2. The van der Waals surface area contributed by atoms with E-state index in [0.29, 0.717) is 19.5 Å². The molecule has 2 aliphatic rings. The summed E-state index contributed by atoms with van der Waals surface area (Å²) in [4.78, 5) is 29.0. The van der Waals surface area contributed by atoms with E-state index < -0.39 is 5.92 Å². The maximum absolute atomic E-state index is 12.7. The monoisotopic (exact) mass is 365 g/mol. The molecule has 5 nitrogen and oxygen atoms in total. The van der Waals surface area contributed by atoms with Crippen molar-refractivity contribution in [2.45, 2.75) is 19.4 Å². The topological polar surface area (TPSA) is 52.7 Å². The fraction of sp³-hybridized carbons (Fsp3) is 0.500. The summed E-state index contributed by atoms with van der Waals surface area (Å²) < 4.78 is 0.881. The van der Waals surface area contributed by atoms with Gasteiger partial charge in [0.2, 0.25) is 11.8 Å². The largest absolute Gasteiger partial charge is 0.337 e. The number of nitrogens with zero attached hydrogens (tertiary/aromatic N) is 2. The molecule has 2 heterocycles. The van der Waals surface area contributed by atoms with Crippen LogP contribution in [0.25, 0.3) is 0 Å². The smallest absolute Gasteiger partial charge is 0.239 e. The van der Waals surface area contributed by atoms with Crippen molar-refractivity contribution >= 4 is 33.4 Å². The van der Waals surface area contributed by atoms with Gasteiger partial charge >= 0.3 is 0 Å². The summed E-state index contributed by atoms with van der Waals surface area (Å²) >= 11 is 3.48. The Balaban J connectivity index is 1.76. The first-order valence-electron chi connectivity index (χ1n) is 7.66. The molecular weight excluding hydrogens is 346 g/mol. The maximum atomic E-state index is 12.7. The Kier molecular flexibility index (Phi) is 4.49. The van der Waals surface area contributed by atoms with E-state index >= 15 is 0 Å². The molecule has 0 radical (unpaired) electrons. The fourth-order valence-corrected chi connectivity index (χ4v) is 3.69. The highest BCUT2D eigenvalue weighted by Crippen LogP contribution is 2.32. The molecule has 2 unspecified atom stereocenters. The van der Waals surface area contributed by atoms with Crippen molar-refractivity contribution in [3.63, 3.8) is 0 Å². The van der Waals surface area contributed by atoms with Crippen molar-refractivity contribution in [1.29, 1.82) is 0 Å². The molecule has 2 fully saturated rings. The third-order valence-corrected chi connectivity index (χ3v) is 5.10.